The summed E-state index contributed by atoms with van der Waals surface area (Å²) in [6.45, 7) is 4.35. The fraction of sp³-hybridized carbons (Fsp3) is 0.238. The SMILES string of the molecule is CC(C)Cc1cc2ccc3ccc(CCl)c4ccc(c1O)c2c34. The highest BCUT2D eigenvalue weighted by molar-refractivity contribution is 6.26. The summed E-state index contributed by atoms with van der Waals surface area (Å²) in [7, 11) is 0. The summed E-state index contributed by atoms with van der Waals surface area (Å²) < 4.78 is 0. The first kappa shape index (κ1) is 14.6. The number of benzene rings is 4. The average molecular weight is 323 g/mol. The van der Waals surface area contributed by atoms with E-state index in [9.17, 15) is 5.11 Å². The Morgan fingerprint density at radius 3 is 2.26 bits per heavy atom. The van der Waals surface area contributed by atoms with Crippen LogP contribution < -0.4 is 0 Å². The van der Waals surface area contributed by atoms with Crippen molar-refractivity contribution in [3.63, 3.8) is 0 Å². The summed E-state index contributed by atoms with van der Waals surface area (Å²) in [6, 6.07) is 14.8. The summed E-state index contributed by atoms with van der Waals surface area (Å²) in [5, 5.41) is 17.7. The Morgan fingerprint density at radius 1 is 0.870 bits per heavy atom. The number of halogens is 1. The molecule has 1 nitrogen and oxygen atoms in total. The molecule has 0 radical (unpaired) electrons. The molecule has 0 aromatic heterocycles. The molecule has 0 amide bonds. The van der Waals surface area contributed by atoms with Crippen LogP contribution in [0.3, 0.4) is 0 Å². The summed E-state index contributed by atoms with van der Waals surface area (Å²) >= 11 is 6.11. The zero-order valence-corrected chi connectivity index (χ0v) is 14.1. The molecule has 23 heavy (non-hydrogen) atoms. The van der Waals surface area contributed by atoms with Gasteiger partial charge in [-0.2, -0.15) is 0 Å². The molecule has 2 heteroatoms. The van der Waals surface area contributed by atoms with Crippen molar-refractivity contribution in [3.8, 4) is 5.75 Å². The third-order valence-corrected chi connectivity index (χ3v) is 4.98. The fourth-order valence-corrected chi connectivity index (χ4v) is 3.93. The first-order chi connectivity index (χ1) is 11.1. The molecule has 0 aliphatic carbocycles. The minimum atomic E-state index is 0.428. The van der Waals surface area contributed by atoms with Crippen LogP contribution in [0.1, 0.15) is 25.0 Å². The molecule has 0 aliphatic heterocycles. The van der Waals surface area contributed by atoms with Crippen molar-refractivity contribution in [1.29, 1.82) is 0 Å². The second-order valence-electron chi connectivity index (χ2n) is 6.76. The van der Waals surface area contributed by atoms with Crippen LogP contribution in [0.25, 0.3) is 32.3 Å². The number of hydrogen-bond acceptors (Lipinski definition) is 1. The van der Waals surface area contributed by atoms with Crippen molar-refractivity contribution in [2.75, 3.05) is 0 Å². The lowest BCUT2D eigenvalue weighted by molar-refractivity contribution is 0.469. The summed E-state index contributed by atoms with van der Waals surface area (Å²) in [6.07, 6.45) is 0.884. The normalized spacial score (nSPS) is 12.2. The number of phenolic OH excluding ortho intramolecular Hbond substituents is 1. The van der Waals surface area contributed by atoms with Gasteiger partial charge in [0.2, 0.25) is 0 Å². The predicted octanol–water partition coefficient (Wildman–Crippen LogP) is 6.23. The van der Waals surface area contributed by atoms with Crippen LogP contribution in [0, 0.1) is 5.92 Å². The third kappa shape index (κ3) is 2.14. The van der Waals surface area contributed by atoms with Crippen molar-refractivity contribution in [2.45, 2.75) is 26.1 Å². The second kappa shape index (κ2) is 5.28. The second-order valence-corrected chi connectivity index (χ2v) is 7.03. The number of hydrogen-bond donors (Lipinski definition) is 1. The first-order valence-electron chi connectivity index (χ1n) is 8.07. The fourth-order valence-electron chi connectivity index (χ4n) is 3.69. The van der Waals surface area contributed by atoms with Gasteiger partial charge in [0.1, 0.15) is 5.75 Å². The van der Waals surface area contributed by atoms with E-state index in [2.05, 4.69) is 50.2 Å². The summed E-state index contributed by atoms with van der Waals surface area (Å²) in [5.74, 6) is 1.44. The Balaban J connectivity index is 2.17. The van der Waals surface area contributed by atoms with Crippen LogP contribution in [0.4, 0.5) is 0 Å². The zero-order valence-electron chi connectivity index (χ0n) is 13.4. The van der Waals surface area contributed by atoms with Crippen LogP contribution >= 0.6 is 11.6 Å². The summed E-state index contributed by atoms with van der Waals surface area (Å²) in [4.78, 5) is 0. The molecule has 0 spiro atoms. The van der Waals surface area contributed by atoms with Gasteiger partial charge in [-0.3, -0.25) is 0 Å². The highest BCUT2D eigenvalue weighted by atomic mass is 35.5. The van der Waals surface area contributed by atoms with Gasteiger partial charge in [0.15, 0.2) is 0 Å². The molecule has 0 saturated heterocycles. The Bertz CT molecular complexity index is 1020. The van der Waals surface area contributed by atoms with Crippen LogP contribution in [-0.2, 0) is 12.3 Å². The Kier molecular flexibility index (Phi) is 3.35. The van der Waals surface area contributed by atoms with Gasteiger partial charge >= 0.3 is 0 Å². The van der Waals surface area contributed by atoms with Crippen molar-refractivity contribution in [3.05, 3.63) is 53.6 Å². The molecule has 0 bridgehead atoms. The maximum absolute atomic E-state index is 10.8. The molecule has 0 unspecified atom stereocenters. The topological polar surface area (TPSA) is 20.2 Å². The molecule has 0 saturated carbocycles. The molecular formula is C21H19ClO. The van der Waals surface area contributed by atoms with Crippen molar-refractivity contribution in [1.82, 2.24) is 0 Å². The van der Waals surface area contributed by atoms with Crippen molar-refractivity contribution >= 4 is 43.9 Å². The standard InChI is InChI=1S/C21H19ClO/c1-12(2)9-16-10-14-5-3-13-4-6-15(11-22)17-7-8-18(21(16)23)20(14)19(13)17/h3-8,10,12,23H,9,11H2,1-2H3. The quantitative estimate of drug-likeness (QED) is 0.350. The molecule has 4 aromatic carbocycles. The van der Waals surface area contributed by atoms with E-state index in [-0.39, 0.29) is 0 Å². The van der Waals surface area contributed by atoms with E-state index in [0.29, 0.717) is 17.5 Å². The Morgan fingerprint density at radius 2 is 1.52 bits per heavy atom. The predicted molar refractivity (Wildman–Crippen MR) is 99.9 cm³/mol. The smallest absolute Gasteiger partial charge is 0.126 e. The van der Waals surface area contributed by atoms with E-state index < -0.39 is 0 Å². The highest BCUT2D eigenvalue weighted by Crippen LogP contribution is 2.41. The van der Waals surface area contributed by atoms with Crippen LogP contribution in [0.5, 0.6) is 5.75 Å². The zero-order chi connectivity index (χ0) is 16.1. The number of aromatic hydroxyl groups is 1. The molecule has 4 rings (SSSR count). The van der Waals surface area contributed by atoms with Crippen molar-refractivity contribution in [2.24, 2.45) is 5.92 Å². The van der Waals surface area contributed by atoms with Crippen molar-refractivity contribution < 1.29 is 5.11 Å². The van der Waals surface area contributed by atoms with E-state index in [4.69, 9.17) is 11.6 Å². The highest BCUT2D eigenvalue weighted by Gasteiger charge is 2.16. The van der Waals surface area contributed by atoms with Gasteiger partial charge in [-0.05, 0) is 57.1 Å². The molecule has 116 valence electrons. The van der Waals surface area contributed by atoms with E-state index in [0.717, 1.165) is 28.3 Å². The van der Waals surface area contributed by atoms with Gasteiger partial charge in [-0.25, -0.2) is 0 Å². The van der Waals surface area contributed by atoms with E-state index >= 15 is 0 Å². The monoisotopic (exact) mass is 322 g/mol. The molecule has 0 fully saturated rings. The number of phenols is 1. The lowest BCUT2D eigenvalue weighted by atomic mass is 9.89. The number of rotatable bonds is 3. The molecular weight excluding hydrogens is 304 g/mol. The molecule has 4 aromatic rings. The first-order valence-corrected chi connectivity index (χ1v) is 8.60. The lowest BCUT2D eigenvalue weighted by Gasteiger charge is -2.16. The van der Waals surface area contributed by atoms with Crippen LogP contribution in [0.2, 0.25) is 0 Å². The molecule has 0 aliphatic rings. The summed E-state index contributed by atoms with van der Waals surface area (Å²) in [5.41, 5.74) is 2.17. The Labute approximate surface area is 140 Å². The van der Waals surface area contributed by atoms with Gasteiger partial charge in [0.25, 0.3) is 0 Å². The van der Waals surface area contributed by atoms with E-state index in [1.54, 1.807) is 0 Å². The largest absolute Gasteiger partial charge is 0.507 e. The van der Waals surface area contributed by atoms with Gasteiger partial charge in [0.05, 0.1) is 0 Å². The molecule has 0 heterocycles. The molecule has 1 N–H and O–H groups in total. The van der Waals surface area contributed by atoms with Crippen LogP contribution in [0.15, 0.2) is 42.5 Å². The van der Waals surface area contributed by atoms with E-state index in [1.165, 1.54) is 21.5 Å². The maximum Gasteiger partial charge on any atom is 0.126 e. The van der Waals surface area contributed by atoms with Gasteiger partial charge in [-0.15, -0.1) is 11.6 Å². The minimum absolute atomic E-state index is 0.428. The third-order valence-electron chi connectivity index (χ3n) is 4.70. The van der Waals surface area contributed by atoms with Crippen LogP contribution in [-0.4, -0.2) is 5.11 Å². The lowest BCUT2D eigenvalue weighted by Crippen LogP contribution is -1.96. The van der Waals surface area contributed by atoms with E-state index in [1.807, 2.05) is 6.07 Å². The maximum atomic E-state index is 10.8. The average Bonchev–Trinajstić information content (AvgIpc) is 2.55. The van der Waals surface area contributed by atoms with Gasteiger partial charge < -0.3 is 5.11 Å². The minimum Gasteiger partial charge on any atom is -0.507 e. The van der Waals surface area contributed by atoms with Gasteiger partial charge in [0, 0.05) is 16.7 Å². The van der Waals surface area contributed by atoms with Gasteiger partial charge in [-0.1, -0.05) is 44.2 Å². The Hall–Kier alpha value is -1.99. The molecule has 0 atom stereocenters. The number of alkyl halides is 1.